The number of fused-ring (bicyclic) bond motifs is 1. The van der Waals surface area contributed by atoms with Crippen molar-refractivity contribution in [1.82, 2.24) is 9.97 Å². The van der Waals surface area contributed by atoms with E-state index in [2.05, 4.69) is 27.9 Å². The molecule has 1 saturated heterocycles. The number of pyridine rings is 2. The molecule has 0 aromatic carbocycles. The van der Waals surface area contributed by atoms with Crippen LogP contribution in [0.1, 0.15) is 44.1 Å². The number of aromatic nitrogens is 2. The lowest BCUT2D eigenvalue weighted by atomic mass is 9.92. The van der Waals surface area contributed by atoms with E-state index in [9.17, 15) is 10.1 Å². The largest absolute Gasteiger partial charge is 0.378 e. The molecule has 0 bridgehead atoms. The Labute approximate surface area is 152 Å². The maximum absolute atomic E-state index is 12.4. The van der Waals surface area contributed by atoms with E-state index in [-0.39, 0.29) is 22.8 Å². The zero-order valence-corrected chi connectivity index (χ0v) is 15.6. The summed E-state index contributed by atoms with van der Waals surface area (Å²) in [7, 11) is 3.35. The summed E-state index contributed by atoms with van der Waals surface area (Å²) in [6.07, 6.45) is 3.11. The van der Waals surface area contributed by atoms with Crippen molar-refractivity contribution in [2.45, 2.75) is 38.4 Å². The quantitative estimate of drug-likeness (QED) is 0.905. The highest BCUT2D eigenvalue weighted by atomic mass is 16.5. The topological polar surface area (TPSA) is 91.2 Å². The molecule has 1 N–H and O–H groups in total. The summed E-state index contributed by atoms with van der Waals surface area (Å²) in [5, 5.41) is 10.4. The van der Waals surface area contributed by atoms with E-state index in [1.54, 1.807) is 20.4 Å². The van der Waals surface area contributed by atoms with E-state index >= 15 is 0 Å². The molecule has 7 nitrogen and oxygen atoms in total. The average molecular weight is 356 g/mol. The number of nitrogens with one attached hydrogen (secondary N) is 1. The number of H-pyrrole nitrogens is 1. The lowest BCUT2D eigenvalue weighted by Gasteiger charge is -2.40. The van der Waals surface area contributed by atoms with Gasteiger partial charge in [0, 0.05) is 32.7 Å². The van der Waals surface area contributed by atoms with Gasteiger partial charge in [-0.1, -0.05) is 0 Å². The van der Waals surface area contributed by atoms with Gasteiger partial charge in [-0.05, 0) is 32.8 Å². The molecule has 1 unspecified atom stereocenters. The molecule has 0 aliphatic carbocycles. The number of anilines is 1. The van der Waals surface area contributed by atoms with Gasteiger partial charge < -0.3 is 19.4 Å². The molecule has 0 amide bonds. The van der Waals surface area contributed by atoms with Gasteiger partial charge >= 0.3 is 0 Å². The van der Waals surface area contributed by atoms with Crippen LogP contribution in [-0.4, -0.2) is 42.9 Å². The first-order valence-electron chi connectivity index (χ1n) is 8.71. The van der Waals surface area contributed by atoms with Crippen molar-refractivity contribution in [1.29, 1.82) is 5.26 Å². The van der Waals surface area contributed by atoms with Crippen molar-refractivity contribution in [2.24, 2.45) is 0 Å². The summed E-state index contributed by atoms with van der Waals surface area (Å²) in [4.78, 5) is 21.7. The highest BCUT2D eigenvalue weighted by molar-refractivity contribution is 5.94. The average Bonchev–Trinajstić information content (AvgIpc) is 2.66. The van der Waals surface area contributed by atoms with Gasteiger partial charge in [-0.25, -0.2) is 0 Å². The number of methoxy groups -OCH3 is 2. The van der Waals surface area contributed by atoms with Gasteiger partial charge in [0.2, 0.25) is 0 Å². The fourth-order valence-electron chi connectivity index (χ4n) is 3.38. The second kappa shape index (κ2) is 7.06. The third kappa shape index (κ3) is 3.18. The predicted octanol–water partition coefficient (Wildman–Crippen LogP) is 2.51. The predicted molar refractivity (Wildman–Crippen MR) is 99.4 cm³/mol. The third-order valence-electron chi connectivity index (χ3n) is 5.40. The van der Waals surface area contributed by atoms with Crippen LogP contribution in [0, 0.1) is 11.3 Å². The van der Waals surface area contributed by atoms with Crippen LogP contribution in [-0.2, 0) is 9.47 Å². The van der Waals surface area contributed by atoms with E-state index in [0.717, 1.165) is 37.0 Å². The minimum absolute atomic E-state index is 0.140. The van der Waals surface area contributed by atoms with Crippen molar-refractivity contribution < 1.29 is 9.47 Å². The number of aromatic amines is 1. The van der Waals surface area contributed by atoms with Crippen molar-refractivity contribution in [3.63, 3.8) is 0 Å². The summed E-state index contributed by atoms with van der Waals surface area (Å²) < 4.78 is 11.0. The second-order valence-corrected chi connectivity index (χ2v) is 6.96. The minimum atomic E-state index is -0.385. The number of nitrogens with zero attached hydrogens (tertiary/aromatic N) is 3. The number of piperidine rings is 1. The highest BCUT2D eigenvalue weighted by Gasteiger charge is 2.32. The summed E-state index contributed by atoms with van der Waals surface area (Å²) in [6.45, 7) is 5.44. The first kappa shape index (κ1) is 18.4. The standard InChI is InChI=1S/C19H24N4O3/c1-12(25-3)15-9-13-16(11-21-15)22-18(24)14(10-20)17(13)23-7-5-19(2,26-4)6-8-23/h9,11-12H,5-8H2,1-4H3,(H,22,24). The van der Waals surface area contributed by atoms with Gasteiger partial charge in [0.05, 0.1) is 34.8 Å². The maximum atomic E-state index is 12.4. The van der Waals surface area contributed by atoms with Crippen LogP contribution in [0.2, 0.25) is 0 Å². The van der Waals surface area contributed by atoms with Crippen molar-refractivity contribution in [3.8, 4) is 6.07 Å². The zero-order valence-electron chi connectivity index (χ0n) is 15.6. The normalized spacial score (nSPS) is 17.9. The molecule has 0 radical (unpaired) electrons. The summed E-state index contributed by atoms with van der Waals surface area (Å²) in [6, 6.07) is 3.98. The van der Waals surface area contributed by atoms with E-state index in [1.165, 1.54) is 0 Å². The summed E-state index contributed by atoms with van der Waals surface area (Å²) in [5.74, 6) is 0. The Morgan fingerprint density at radius 1 is 1.38 bits per heavy atom. The fraction of sp³-hybridized carbons (Fsp3) is 0.526. The van der Waals surface area contributed by atoms with Crippen molar-refractivity contribution >= 4 is 16.6 Å². The Morgan fingerprint density at radius 2 is 2.08 bits per heavy atom. The molecule has 1 aliphatic heterocycles. The number of ether oxygens (including phenoxy) is 2. The lowest BCUT2D eigenvalue weighted by molar-refractivity contribution is -0.0132. The van der Waals surface area contributed by atoms with Gasteiger partial charge in [-0.15, -0.1) is 0 Å². The molecule has 2 aromatic rings. The Bertz CT molecular complexity index is 907. The summed E-state index contributed by atoms with van der Waals surface area (Å²) >= 11 is 0. The Hall–Kier alpha value is -2.43. The number of rotatable bonds is 4. The summed E-state index contributed by atoms with van der Waals surface area (Å²) in [5.41, 5.74) is 1.64. The van der Waals surface area contributed by atoms with Crippen LogP contribution in [0.15, 0.2) is 17.1 Å². The molecule has 1 aliphatic rings. The van der Waals surface area contributed by atoms with E-state index < -0.39 is 0 Å². The third-order valence-corrected chi connectivity index (χ3v) is 5.40. The number of nitriles is 1. The second-order valence-electron chi connectivity index (χ2n) is 6.96. The molecule has 0 saturated carbocycles. The van der Waals surface area contributed by atoms with Crippen LogP contribution in [0.3, 0.4) is 0 Å². The maximum Gasteiger partial charge on any atom is 0.268 e. The van der Waals surface area contributed by atoms with Crippen LogP contribution >= 0.6 is 0 Å². The van der Waals surface area contributed by atoms with E-state index in [0.29, 0.717) is 11.2 Å². The van der Waals surface area contributed by atoms with Gasteiger partial charge in [0.1, 0.15) is 11.6 Å². The highest BCUT2D eigenvalue weighted by Crippen LogP contribution is 2.34. The van der Waals surface area contributed by atoms with E-state index in [1.807, 2.05) is 13.0 Å². The molecule has 26 heavy (non-hydrogen) atoms. The van der Waals surface area contributed by atoms with Crippen LogP contribution in [0.5, 0.6) is 0 Å². The molecule has 3 rings (SSSR count). The molecule has 138 valence electrons. The number of hydrogen-bond acceptors (Lipinski definition) is 6. The molecular weight excluding hydrogens is 332 g/mol. The molecular formula is C19H24N4O3. The van der Waals surface area contributed by atoms with Crippen LogP contribution in [0.25, 0.3) is 10.9 Å². The minimum Gasteiger partial charge on any atom is -0.378 e. The Kier molecular flexibility index (Phi) is 4.99. The Morgan fingerprint density at radius 3 is 2.65 bits per heavy atom. The van der Waals surface area contributed by atoms with Gasteiger partial charge in [-0.2, -0.15) is 5.26 Å². The molecule has 1 fully saturated rings. The van der Waals surface area contributed by atoms with Crippen molar-refractivity contribution in [2.75, 3.05) is 32.2 Å². The molecule has 3 heterocycles. The smallest absolute Gasteiger partial charge is 0.268 e. The first-order valence-corrected chi connectivity index (χ1v) is 8.71. The number of hydrogen-bond donors (Lipinski definition) is 1. The molecule has 7 heteroatoms. The van der Waals surface area contributed by atoms with Gasteiger partial charge in [-0.3, -0.25) is 9.78 Å². The fourth-order valence-corrected chi connectivity index (χ4v) is 3.38. The Balaban J connectivity index is 2.15. The lowest BCUT2D eigenvalue weighted by Crippen LogP contribution is -2.44. The molecule has 0 spiro atoms. The van der Waals surface area contributed by atoms with Gasteiger partial charge in [0.25, 0.3) is 5.56 Å². The van der Waals surface area contributed by atoms with Crippen LogP contribution in [0.4, 0.5) is 5.69 Å². The van der Waals surface area contributed by atoms with Gasteiger partial charge in [0.15, 0.2) is 0 Å². The zero-order chi connectivity index (χ0) is 18.9. The monoisotopic (exact) mass is 356 g/mol. The van der Waals surface area contributed by atoms with Crippen LogP contribution < -0.4 is 10.5 Å². The molecule has 1 atom stereocenters. The molecule has 2 aromatic heterocycles. The van der Waals surface area contributed by atoms with Crippen molar-refractivity contribution in [3.05, 3.63) is 33.9 Å². The first-order chi connectivity index (χ1) is 12.4. The van der Waals surface area contributed by atoms with E-state index in [4.69, 9.17) is 9.47 Å². The SMILES string of the molecule is COC(C)c1cc2c(N3CCC(C)(OC)CC3)c(C#N)c(=O)[nH]c2cn1.